The van der Waals surface area contributed by atoms with E-state index in [4.69, 9.17) is 4.74 Å². The molecule has 5 rings (SSSR count). The molecule has 0 unspecified atom stereocenters. The molecule has 8 nitrogen and oxygen atoms in total. The molecule has 3 heterocycles. The van der Waals surface area contributed by atoms with Gasteiger partial charge in [0.1, 0.15) is 11.3 Å². The lowest BCUT2D eigenvalue weighted by atomic mass is 9.93. The second-order valence-electron chi connectivity index (χ2n) is 11.5. The van der Waals surface area contributed by atoms with Gasteiger partial charge in [-0.25, -0.2) is 9.78 Å². The van der Waals surface area contributed by atoms with Crippen molar-refractivity contribution in [3.8, 4) is 23.0 Å². The van der Waals surface area contributed by atoms with E-state index in [1.54, 1.807) is 13.2 Å². The molecular formula is C35H43N5O3. The Labute approximate surface area is 256 Å². The Hall–Kier alpha value is -4.45. The van der Waals surface area contributed by atoms with Gasteiger partial charge in [-0.1, -0.05) is 69.9 Å². The minimum Gasteiger partial charge on any atom is -0.379 e. The van der Waals surface area contributed by atoms with Gasteiger partial charge in [0.15, 0.2) is 0 Å². The number of ether oxygens (including phenoxy) is 1. The number of morpholine rings is 1. The molecule has 0 saturated carbocycles. The van der Waals surface area contributed by atoms with Gasteiger partial charge in [-0.05, 0) is 52.8 Å². The highest BCUT2D eigenvalue weighted by Gasteiger charge is 2.22. The maximum Gasteiger partial charge on any atom is 0.323 e. The minimum atomic E-state index is -0.474. The summed E-state index contributed by atoms with van der Waals surface area (Å²) in [5.41, 5.74) is 5.45. The number of anilines is 2. The summed E-state index contributed by atoms with van der Waals surface area (Å²) in [4.78, 5) is 34.2. The normalized spacial score (nSPS) is 13.7. The number of para-hydroxylation sites is 1. The van der Waals surface area contributed by atoms with Crippen LogP contribution in [0.15, 0.2) is 65.6 Å². The summed E-state index contributed by atoms with van der Waals surface area (Å²) in [6, 6.07) is 17.1. The standard InChI is InChI=1S/C35H39N5O3.2H2/c1-23(2)27-13-7-14-28(24(3)4)31(27)37-35(42)38-32-30(29-15-8-16-36-33(29)39(5)34(32)41)26-12-6-10-25(22-26)11-9-17-40-18-20-43-21-19-40;;/h6-8,10,12-16,22-24H,17-21H2,1-5H3,(H2,37,38,42);2*1H. The lowest BCUT2D eigenvalue weighted by Crippen LogP contribution is -2.36. The summed E-state index contributed by atoms with van der Waals surface area (Å²) in [5.74, 6) is 6.95. The van der Waals surface area contributed by atoms with Crippen LogP contribution in [0.4, 0.5) is 16.2 Å². The summed E-state index contributed by atoms with van der Waals surface area (Å²) in [5, 5.41) is 6.77. The van der Waals surface area contributed by atoms with Crippen molar-refractivity contribution in [2.24, 2.45) is 7.05 Å². The van der Waals surface area contributed by atoms with Gasteiger partial charge < -0.3 is 15.4 Å². The zero-order valence-corrected chi connectivity index (χ0v) is 25.5. The first-order chi connectivity index (χ1) is 20.7. The number of aromatic nitrogens is 2. The molecule has 2 aromatic heterocycles. The van der Waals surface area contributed by atoms with Crippen LogP contribution in [0.1, 0.15) is 59.1 Å². The summed E-state index contributed by atoms with van der Waals surface area (Å²) in [7, 11) is 1.67. The van der Waals surface area contributed by atoms with Crippen LogP contribution in [0.2, 0.25) is 0 Å². The summed E-state index contributed by atoms with van der Waals surface area (Å²) < 4.78 is 6.90. The Morgan fingerprint density at radius 1 is 0.977 bits per heavy atom. The van der Waals surface area contributed by atoms with Crippen LogP contribution in [-0.4, -0.2) is 53.3 Å². The number of benzene rings is 2. The molecule has 2 aromatic carbocycles. The van der Waals surface area contributed by atoms with E-state index in [0.717, 1.165) is 59.6 Å². The van der Waals surface area contributed by atoms with Crippen molar-refractivity contribution in [3.63, 3.8) is 0 Å². The molecule has 43 heavy (non-hydrogen) atoms. The first-order valence-electron chi connectivity index (χ1n) is 14.8. The highest BCUT2D eigenvalue weighted by Crippen LogP contribution is 2.35. The molecule has 2 amide bonds. The predicted molar refractivity (Wildman–Crippen MR) is 178 cm³/mol. The fourth-order valence-corrected chi connectivity index (χ4v) is 5.50. The third-order valence-electron chi connectivity index (χ3n) is 7.78. The Morgan fingerprint density at radius 2 is 1.65 bits per heavy atom. The average molecular weight is 582 g/mol. The number of pyridine rings is 2. The number of carbonyl (C=O) groups excluding carboxylic acids is 1. The lowest BCUT2D eigenvalue weighted by Gasteiger charge is -2.24. The number of hydrogen-bond acceptors (Lipinski definition) is 5. The fourth-order valence-electron chi connectivity index (χ4n) is 5.50. The van der Waals surface area contributed by atoms with Gasteiger partial charge in [0, 0.05) is 51.4 Å². The molecule has 8 heteroatoms. The zero-order chi connectivity index (χ0) is 30.5. The molecule has 4 aromatic rings. The molecule has 1 aliphatic rings. The van der Waals surface area contributed by atoms with E-state index in [1.807, 2.05) is 54.6 Å². The smallest absolute Gasteiger partial charge is 0.323 e. The lowest BCUT2D eigenvalue weighted by molar-refractivity contribution is 0.0443. The maximum atomic E-state index is 13.8. The molecular weight excluding hydrogens is 538 g/mol. The first-order valence-corrected chi connectivity index (χ1v) is 14.8. The topological polar surface area (TPSA) is 88.5 Å². The Balaban J connectivity index is 0.00000276. The van der Waals surface area contributed by atoms with Crippen molar-refractivity contribution in [2.75, 3.05) is 43.5 Å². The van der Waals surface area contributed by atoms with Gasteiger partial charge >= 0.3 is 6.03 Å². The number of amides is 2. The number of hydrogen-bond donors (Lipinski definition) is 2. The predicted octanol–water partition coefficient (Wildman–Crippen LogP) is 6.67. The SMILES string of the molecule is CC(C)c1cccc(C(C)C)c1NC(=O)Nc1c(-c2cccc(C#CCN3CCOCC3)c2)c2cccnc2n(C)c1=O.[HH].[HH]. The number of aryl methyl sites for hydroxylation is 1. The number of urea groups is 1. The second-order valence-corrected chi connectivity index (χ2v) is 11.5. The number of rotatable bonds is 6. The molecule has 1 fully saturated rings. The molecule has 0 aliphatic carbocycles. The monoisotopic (exact) mass is 581 g/mol. The Bertz CT molecular complexity index is 1740. The quantitative estimate of drug-likeness (QED) is 0.249. The molecule has 226 valence electrons. The van der Waals surface area contributed by atoms with Crippen molar-refractivity contribution in [2.45, 2.75) is 39.5 Å². The van der Waals surface area contributed by atoms with E-state index in [9.17, 15) is 9.59 Å². The van der Waals surface area contributed by atoms with Crippen molar-refractivity contribution >= 4 is 28.4 Å². The van der Waals surface area contributed by atoms with Crippen molar-refractivity contribution in [3.05, 3.63) is 87.8 Å². The average Bonchev–Trinajstić information content (AvgIpc) is 3.00. The Morgan fingerprint density at radius 3 is 2.35 bits per heavy atom. The molecule has 0 bridgehead atoms. The summed E-state index contributed by atoms with van der Waals surface area (Å²) in [6.07, 6.45) is 1.66. The number of nitrogens with one attached hydrogen (secondary N) is 2. The van der Waals surface area contributed by atoms with E-state index in [0.29, 0.717) is 17.8 Å². The van der Waals surface area contributed by atoms with E-state index >= 15 is 0 Å². The van der Waals surface area contributed by atoms with Gasteiger partial charge in [-0.3, -0.25) is 14.3 Å². The fraction of sp³-hybridized carbons (Fsp3) is 0.343. The van der Waals surface area contributed by atoms with Gasteiger partial charge in [0.05, 0.1) is 19.8 Å². The number of carbonyl (C=O) groups is 1. The summed E-state index contributed by atoms with van der Waals surface area (Å²) >= 11 is 0. The van der Waals surface area contributed by atoms with Crippen LogP contribution >= 0.6 is 0 Å². The van der Waals surface area contributed by atoms with E-state index in [-0.39, 0.29) is 25.9 Å². The molecule has 0 spiro atoms. The molecule has 0 radical (unpaired) electrons. The van der Waals surface area contributed by atoms with E-state index < -0.39 is 6.03 Å². The van der Waals surface area contributed by atoms with Crippen LogP contribution in [0.3, 0.4) is 0 Å². The number of fused-ring (bicyclic) bond motifs is 1. The summed E-state index contributed by atoms with van der Waals surface area (Å²) in [6.45, 7) is 12.3. The van der Waals surface area contributed by atoms with E-state index in [2.05, 4.69) is 60.1 Å². The third kappa shape index (κ3) is 6.64. The van der Waals surface area contributed by atoms with E-state index in [1.165, 1.54) is 4.57 Å². The van der Waals surface area contributed by atoms with Gasteiger partial charge in [-0.15, -0.1) is 0 Å². The zero-order valence-electron chi connectivity index (χ0n) is 25.5. The highest BCUT2D eigenvalue weighted by atomic mass is 16.5. The van der Waals surface area contributed by atoms with Crippen LogP contribution in [-0.2, 0) is 11.8 Å². The number of nitrogens with zero attached hydrogens (tertiary/aromatic N) is 3. The highest BCUT2D eigenvalue weighted by molar-refractivity contribution is 6.07. The van der Waals surface area contributed by atoms with Crippen molar-refractivity contribution < 1.29 is 12.4 Å². The Kier molecular flexibility index (Phi) is 9.24. The maximum absolute atomic E-state index is 13.8. The molecule has 0 atom stereocenters. The van der Waals surface area contributed by atoms with Crippen molar-refractivity contribution in [1.29, 1.82) is 0 Å². The van der Waals surface area contributed by atoms with Crippen LogP contribution in [0, 0.1) is 11.8 Å². The molecule has 2 N–H and O–H groups in total. The molecule has 1 saturated heterocycles. The van der Waals surface area contributed by atoms with Gasteiger partial charge in [-0.2, -0.15) is 0 Å². The largest absolute Gasteiger partial charge is 0.379 e. The second kappa shape index (κ2) is 13.2. The van der Waals surface area contributed by atoms with Crippen LogP contribution in [0.5, 0.6) is 0 Å². The van der Waals surface area contributed by atoms with Gasteiger partial charge in [0.2, 0.25) is 0 Å². The minimum absolute atomic E-state index is 0. The van der Waals surface area contributed by atoms with Crippen molar-refractivity contribution in [1.82, 2.24) is 14.5 Å². The van der Waals surface area contributed by atoms with Gasteiger partial charge in [0.25, 0.3) is 5.56 Å². The third-order valence-corrected chi connectivity index (χ3v) is 7.78. The van der Waals surface area contributed by atoms with Crippen LogP contribution < -0.4 is 16.2 Å². The first kappa shape index (κ1) is 30.0. The molecule has 1 aliphatic heterocycles. The van der Waals surface area contributed by atoms with Crippen LogP contribution in [0.25, 0.3) is 22.2 Å².